The van der Waals surface area contributed by atoms with Crippen LogP contribution in [0, 0.1) is 17.2 Å². The Balaban J connectivity index is 1.42. The van der Waals surface area contributed by atoms with E-state index in [1.54, 1.807) is 24.5 Å². The molecule has 4 rings (SSSR count). The van der Waals surface area contributed by atoms with E-state index in [0.29, 0.717) is 30.0 Å². The molecule has 0 aliphatic carbocycles. The van der Waals surface area contributed by atoms with Crippen LogP contribution in [0.4, 0.5) is 5.69 Å². The number of aromatic nitrogens is 2. The monoisotopic (exact) mass is 501 g/mol. The molecule has 0 spiro atoms. The number of anilines is 1. The summed E-state index contributed by atoms with van der Waals surface area (Å²) in [6.07, 6.45) is 3.98. The zero-order valence-electron chi connectivity index (χ0n) is 20.1. The van der Waals surface area contributed by atoms with Gasteiger partial charge in [-0.15, -0.1) is 11.3 Å². The van der Waals surface area contributed by atoms with Crippen molar-refractivity contribution >= 4 is 39.0 Å². The van der Waals surface area contributed by atoms with Gasteiger partial charge in [-0.3, -0.25) is 4.79 Å². The van der Waals surface area contributed by atoms with Crippen LogP contribution in [0.2, 0.25) is 0 Å². The molecule has 0 saturated heterocycles. The molecule has 1 atom stereocenters. The average molecular weight is 502 g/mol. The van der Waals surface area contributed by atoms with Crippen molar-refractivity contribution < 1.29 is 14.7 Å². The number of fused-ring (bicyclic) bond motifs is 1. The maximum absolute atomic E-state index is 12.7. The van der Waals surface area contributed by atoms with Gasteiger partial charge in [0.05, 0.1) is 35.1 Å². The SMILES string of the molecule is CC(C)C[C@H](NC(=O)c1cc2cc(NCc3cncn3Cc3ccc(C#N)cc3)ccc2s1)C(=O)O. The van der Waals surface area contributed by atoms with Gasteiger partial charge in [-0.1, -0.05) is 26.0 Å². The molecular weight excluding hydrogens is 474 g/mol. The molecule has 184 valence electrons. The first kappa shape index (κ1) is 24.9. The van der Waals surface area contributed by atoms with Crippen LogP contribution in [0.5, 0.6) is 0 Å². The minimum Gasteiger partial charge on any atom is -0.480 e. The quantitative estimate of drug-likeness (QED) is 0.285. The molecule has 3 N–H and O–H groups in total. The molecule has 0 fully saturated rings. The topological polar surface area (TPSA) is 120 Å². The number of nitrogens with zero attached hydrogens (tertiary/aromatic N) is 3. The molecule has 9 heteroatoms. The van der Waals surface area contributed by atoms with Crippen LogP contribution in [0.3, 0.4) is 0 Å². The number of rotatable bonds is 10. The third-order valence-electron chi connectivity index (χ3n) is 5.76. The van der Waals surface area contributed by atoms with Gasteiger partial charge in [-0.25, -0.2) is 9.78 Å². The molecule has 2 heterocycles. The summed E-state index contributed by atoms with van der Waals surface area (Å²) in [7, 11) is 0. The Bertz CT molecular complexity index is 1420. The van der Waals surface area contributed by atoms with E-state index in [1.807, 2.05) is 50.4 Å². The van der Waals surface area contributed by atoms with E-state index in [-0.39, 0.29) is 11.8 Å². The zero-order chi connectivity index (χ0) is 25.7. The summed E-state index contributed by atoms with van der Waals surface area (Å²) in [6, 6.07) is 16.4. The van der Waals surface area contributed by atoms with Crippen LogP contribution in [0.25, 0.3) is 10.1 Å². The third-order valence-corrected chi connectivity index (χ3v) is 6.87. The predicted molar refractivity (Wildman–Crippen MR) is 140 cm³/mol. The zero-order valence-corrected chi connectivity index (χ0v) is 20.9. The number of thiophene rings is 1. The van der Waals surface area contributed by atoms with Crippen molar-refractivity contribution in [2.24, 2.45) is 5.92 Å². The lowest BCUT2D eigenvalue weighted by Gasteiger charge is -2.15. The molecular formula is C27H27N5O3S. The molecule has 2 aromatic heterocycles. The molecule has 1 amide bonds. The van der Waals surface area contributed by atoms with E-state index in [0.717, 1.165) is 27.0 Å². The number of hydrogen-bond acceptors (Lipinski definition) is 6. The van der Waals surface area contributed by atoms with E-state index in [2.05, 4.69) is 26.3 Å². The smallest absolute Gasteiger partial charge is 0.326 e. The number of benzene rings is 2. The lowest BCUT2D eigenvalue weighted by atomic mass is 10.0. The van der Waals surface area contributed by atoms with Crippen LogP contribution in [-0.2, 0) is 17.9 Å². The molecule has 0 radical (unpaired) electrons. The number of carboxylic acids is 1. The van der Waals surface area contributed by atoms with Gasteiger partial charge in [-0.05, 0) is 59.7 Å². The highest BCUT2D eigenvalue weighted by molar-refractivity contribution is 7.20. The van der Waals surface area contributed by atoms with Crippen molar-refractivity contribution in [3.8, 4) is 6.07 Å². The Morgan fingerprint density at radius 3 is 2.64 bits per heavy atom. The predicted octanol–water partition coefficient (Wildman–Crippen LogP) is 4.86. The van der Waals surface area contributed by atoms with Gasteiger partial charge in [0.2, 0.25) is 0 Å². The second kappa shape index (κ2) is 11.1. The number of imidazole rings is 1. The summed E-state index contributed by atoms with van der Waals surface area (Å²) in [6.45, 7) is 5.07. The fraction of sp³-hybridized carbons (Fsp3) is 0.259. The van der Waals surface area contributed by atoms with Gasteiger partial charge < -0.3 is 20.3 Å². The van der Waals surface area contributed by atoms with Crippen LogP contribution in [0.15, 0.2) is 61.1 Å². The fourth-order valence-electron chi connectivity index (χ4n) is 3.90. The highest BCUT2D eigenvalue weighted by Crippen LogP contribution is 2.28. The first-order chi connectivity index (χ1) is 17.3. The van der Waals surface area contributed by atoms with Crippen molar-refractivity contribution in [1.82, 2.24) is 14.9 Å². The van der Waals surface area contributed by atoms with Gasteiger partial charge in [0.25, 0.3) is 5.91 Å². The molecule has 0 unspecified atom stereocenters. The fourth-order valence-corrected chi connectivity index (χ4v) is 4.85. The number of carbonyl (C=O) groups excluding carboxylic acids is 1. The Hall–Kier alpha value is -4.16. The summed E-state index contributed by atoms with van der Waals surface area (Å²) < 4.78 is 3.00. The van der Waals surface area contributed by atoms with Gasteiger partial charge in [0.1, 0.15) is 6.04 Å². The number of hydrogen-bond donors (Lipinski definition) is 3. The normalized spacial score (nSPS) is 11.8. The molecule has 0 aliphatic heterocycles. The summed E-state index contributed by atoms with van der Waals surface area (Å²) >= 11 is 1.34. The molecule has 36 heavy (non-hydrogen) atoms. The molecule has 4 aromatic rings. The van der Waals surface area contributed by atoms with Crippen molar-refractivity contribution in [3.05, 3.63) is 82.8 Å². The number of nitriles is 1. The van der Waals surface area contributed by atoms with Crippen LogP contribution in [0.1, 0.15) is 46.8 Å². The minimum absolute atomic E-state index is 0.155. The first-order valence-electron chi connectivity index (χ1n) is 11.6. The van der Waals surface area contributed by atoms with Crippen molar-refractivity contribution in [2.75, 3.05) is 5.32 Å². The Labute approximate surface area is 213 Å². The molecule has 8 nitrogen and oxygen atoms in total. The number of carboxylic acid groups (broad SMARTS) is 1. The highest BCUT2D eigenvalue weighted by Gasteiger charge is 2.22. The van der Waals surface area contributed by atoms with Crippen LogP contribution in [-0.4, -0.2) is 32.6 Å². The Morgan fingerprint density at radius 2 is 1.94 bits per heavy atom. The molecule has 0 aliphatic rings. The Kier molecular flexibility index (Phi) is 7.66. The largest absolute Gasteiger partial charge is 0.480 e. The summed E-state index contributed by atoms with van der Waals surface area (Å²) in [5.74, 6) is -1.24. The molecule has 0 bridgehead atoms. The number of amides is 1. The summed E-state index contributed by atoms with van der Waals surface area (Å²) in [5, 5.41) is 25.4. The Morgan fingerprint density at radius 1 is 1.17 bits per heavy atom. The standard InChI is InChI=1S/C27H27N5O3S/c1-17(2)9-23(27(34)35)31-26(33)25-11-20-10-21(7-8-24(20)36-25)30-14-22-13-29-16-32(22)15-19-5-3-18(12-28)4-6-19/h3-8,10-11,13,16-17,23,30H,9,14-15H2,1-2H3,(H,31,33)(H,34,35)/t23-/m0/s1. The van der Waals surface area contributed by atoms with E-state index < -0.39 is 12.0 Å². The van der Waals surface area contributed by atoms with E-state index in [1.165, 1.54) is 11.3 Å². The van der Waals surface area contributed by atoms with Gasteiger partial charge >= 0.3 is 5.97 Å². The van der Waals surface area contributed by atoms with Crippen LogP contribution >= 0.6 is 11.3 Å². The van der Waals surface area contributed by atoms with Gasteiger partial charge in [0, 0.05) is 23.1 Å². The lowest BCUT2D eigenvalue weighted by Crippen LogP contribution is -2.41. The first-order valence-corrected chi connectivity index (χ1v) is 12.4. The maximum atomic E-state index is 12.7. The van der Waals surface area contributed by atoms with Crippen molar-refractivity contribution in [1.29, 1.82) is 5.26 Å². The second-order valence-corrected chi connectivity index (χ2v) is 10.1. The average Bonchev–Trinajstić information content (AvgIpc) is 3.48. The maximum Gasteiger partial charge on any atom is 0.326 e. The summed E-state index contributed by atoms with van der Waals surface area (Å²) in [5.41, 5.74) is 3.63. The third kappa shape index (κ3) is 6.09. The summed E-state index contributed by atoms with van der Waals surface area (Å²) in [4.78, 5) is 29.0. The molecule has 2 aromatic carbocycles. The van der Waals surface area contributed by atoms with E-state index in [9.17, 15) is 14.7 Å². The number of aliphatic carboxylic acids is 1. The van der Waals surface area contributed by atoms with Crippen LogP contribution < -0.4 is 10.6 Å². The lowest BCUT2D eigenvalue weighted by molar-refractivity contribution is -0.139. The van der Waals surface area contributed by atoms with Crippen molar-refractivity contribution in [2.45, 2.75) is 39.4 Å². The second-order valence-electron chi connectivity index (χ2n) is 9.03. The molecule has 0 saturated carbocycles. The van der Waals surface area contributed by atoms with Gasteiger partial charge in [0.15, 0.2) is 0 Å². The number of carbonyl (C=O) groups is 2. The minimum atomic E-state index is -1.02. The van der Waals surface area contributed by atoms with E-state index >= 15 is 0 Å². The van der Waals surface area contributed by atoms with E-state index in [4.69, 9.17) is 5.26 Å². The van der Waals surface area contributed by atoms with Gasteiger partial charge in [-0.2, -0.15) is 5.26 Å². The number of nitrogens with one attached hydrogen (secondary N) is 2. The van der Waals surface area contributed by atoms with Crippen molar-refractivity contribution in [3.63, 3.8) is 0 Å². The highest BCUT2D eigenvalue weighted by atomic mass is 32.1.